The Morgan fingerprint density at radius 2 is 1.50 bits per heavy atom. The molecule has 0 atom stereocenters. The molecule has 5 heteroatoms. The van der Waals surface area contributed by atoms with Gasteiger partial charge in [-0.1, -0.05) is 78.9 Å². The first-order valence-electron chi connectivity index (χ1n) is 12.3. The standard InChI is InChI=1S/C31H31N3O2/c1-33(2)19-20-34-27-18-10-9-17-26(27)29(30(34)31(35)32-22-25-16-11-21-36-25)28(23-12-5-3-6-13-23)24-14-7-4-8-15-24/h3-18,21,28H,19-20,22H2,1-2H3,(H,32,35). The predicted molar refractivity (Wildman–Crippen MR) is 144 cm³/mol. The van der Waals surface area contributed by atoms with Crippen LogP contribution in [0.4, 0.5) is 0 Å². The fourth-order valence-electron chi connectivity index (χ4n) is 4.88. The van der Waals surface area contributed by atoms with Gasteiger partial charge in [0, 0.05) is 35.5 Å². The zero-order chi connectivity index (χ0) is 24.9. The number of carbonyl (C=O) groups excluding carboxylic acids is 1. The molecule has 0 spiro atoms. The molecular weight excluding hydrogens is 446 g/mol. The summed E-state index contributed by atoms with van der Waals surface area (Å²) in [6.45, 7) is 1.85. The van der Waals surface area contributed by atoms with Crippen molar-refractivity contribution in [1.82, 2.24) is 14.8 Å². The number of furan rings is 1. The van der Waals surface area contributed by atoms with Crippen molar-refractivity contribution in [3.05, 3.63) is 131 Å². The molecule has 0 aliphatic rings. The Morgan fingerprint density at radius 3 is 2.11 bits per heavy atom. The second-order valence-corrected chi connectivity index (χ2v) is 9.25. The van der Waals surface area contributed by atoms with Gasteiger partial charge in [0.2, 0.25) is 0 Å². The molecule has 0 radical (unpaired) electrons. The van der Waals surface area contributed by atoms with Gasteiger partial charge in [0.05, 0.1) is 12.8 Å². The number of para-hydroxylation sites is 1. The van der Waals surface area contributed by atoms with Crippen molar-refractivity contribution < 1.29 is 9.21 Å². The highest BCUT2D eigenvalue weighted by molar-refractivity contribution is 6.02. The molecule has 2 heterocycles. The van der Waals surface area contributed by atoms with Crippen molar-refractivity contribution in [2.75, 3.05) is 20.6 Å². The number of likely N-dealkylation sites (N-methyl/N-ethyl adjacent to an activating group) is 1. The van der Waals surface area contributed by atoms with E-state index in [0.717, 1.165) is 39.9 Å². The fourth-order valence-corrected chi connectivity index (χ4v) is 4.88. The van der Waals surface area contributed by atoms with Gasteiger partial charge in [0.25, 0.3) is 5.91 Å². The van der Waals surface area contributed by atoms with E-state index in [2.05, 4.69) is 95.6 Å². The van der Waals surface area contributed by atoms with E-state index < -0.39 is 0 Å². The molecule has 1 amide bonds. The van der Waals surface area contributed by atoms with Gasteiger partial charge in [-0.15, -0.1) is 0 Å². The third-order valence-corrected chi connectivity index (χ3v) is 6.55. The summed E-state index contributed by atoms with van der Waals surface area (Å²) in [6.07, 6.45) is 1.63. The van der Waals surface area contributed by atoms with Gasteiger partial charge < -0.3 is 19.2 Å². The van der Waals surface area contributed by atoms with Crippen molar-refractivity contribution >= 4 is 16.8 Å². The van der Waals surface area contributed by atoms with Gasteiger partial charge in [-0.05, 0) is 43.4 Å². The number of nitrogens with zero attached hydrogens (tertiary/aromatic N) is 2. The van der Waals surface area contributed by atoms with Crippen LogP contribution in [0.3, 0.4) is 0 Å². The summed E-state index contributed by atoms with van der Waals surface area (Å²) in [4.78, 5) is 16.1. The van der Waals surface area contributed by atoms with E-state index >= 15 is 0 Å². The summed E-state index contributed by atoms with van der Waals surface area (Å²) in [5.74, 6) is 0.527. The summed E-state index contributed by atoms with van der Waals surface area (Å²) in [7, 11) is 4.11. The molecule has 0 aliphatic carbocycles. The second kappa shape index (κ2) is 10.7. The van der Waals surface area contributed by atoms with E-state index in [1.165, 1.54) is 0 Å². The molecule has 0 aliphatic heterocycles. The van der Waals surface area contributed by atoms with Gasteiger partial charge in [-0.2, -0.15) is 0 Å². The molecular formula is C31H31N3O2. The van der Waals surface area contributed by atoms with Crippen LogP contribution in [0.25, 0.3) is 10.9 Å². The lowest BCUT2D eigenvalue weighted by molar-refractivity contribution is 0.0937. The summed E-state index contributed by atoms with van der Waals surface area (Å²) in [5, 5.41) is 4.22. The fraction of sp³-hybridized carbons (Fsp3) is 0.194. The Hall–Kier alpha value is -4.09. The second-order valence-electron chi connectivity index (χ2n) is 9.25. The monoisotopic (exact) mass is 477 g/mol. The molecule has 0 fully saturated rings. The van der Waals surface area contributed by atoms with Crippen LogP contribution in [0.1, 0.15) is 38.9 Å². The first kappa shape index (κ1) is 23.6. The number of fused-ring (bicyclic) bond motifs is 1. The summed E-state index contributed by atoms with van der Waals surface area (Å²) >= 11 is 0. The van der Waals surface area contributed by atoms with Crippen LogP contribution in [-0.2, 0) is 13.1 Å². The predicted octanol–water partition coefficient (Wildman–Crippen LogP) is 5.91. The smallest absolute Gasteiger partial charge is 0.268 e. The van der Waals surface area contributed by atoms with Crippen molar-refractivity contribution in [1.29, 1.82) is 0 Å². The van der Waals surface area contributed by atoms with Crippen molar-refractivity contribution in [2.45, 2.75) is 19.0 Å². The van der Waals surface area contributed by atoms with Gasteiger partial charge >= 0.3 is 0 Å². The largest absolute Gasteiger partial charge is 0.467 e. The molecule has 0 saturated heterocycles. The van der Waals surface area contributed by atoms with Crippen LogP contribution in [0.15, 0.2) is 108 Å². The lowest BCUT2D eigenvalue weighted by Crippen LogP contribution is -2.29. The zero-order valence-corrected chi connectivity index (χ0v) is 20.7. The number of rotatable bonds is 9. The number of hydrogen-bond acceptors (Lipinski definition) is 3. The average molecular weight is 478 g/mol. The van der Waals surface area contributed by atoms with E-state index in [-0.39, 0.29) is 11.8 Å². The normalized spacial score (nSPS) is 11.4. The van der Waals surface area contributed by atoms with Gasteiger partial charge in [-0.3, -0.25) is 4.79 Å². The molecule has 5 aromatic rings. The van der Waals surface area contributed by atoms with Gasteiger partial charge in [0.1, 0.15) is 11.5 Å². The van der Waals surface area contributed by atoms with Crippen molar-refractivity contribution in [2.24, 2.45) is 0 Å². The number of carbonyl (C=O) groups is 1. The first-order valence-corrected chi connectivity index (χ1v) is 12.3. The average Bonchev–Trinajstić information content (AvgIpc) is 3.54. The van der Waals surface area contributed by atoms with Crippen molar-refractivity contribution in [3.63, 3.8) is 0 Å². The Labute approximate surface area is 212 Å². The molecule has 0 unspecified atom stereocenters. The zero-order valence-electron chi connectivity index (χ0n) is 20.7. The SMILES string of the molecule is CN(C)CCn1c(C(=O)NCc2ccco2)c(C(c2ccccc2)c2ccccc2)c2ccccc21. The highest BCUT2D eigenvalue weighted by Gasteiger charge is 2.30. The number of amides is 1. The molecule has 182 valence electrons. The van der Waals surface area contributed by atoms with E-state index in [4.69, 9.17) is 4.42 Å². The quantitative estimate of drug-likeness (QED) is 0.287. The van der Waals surface area contributed by atoms with E-state index in [9.17, 15) is 4.79 Å². The van der Waals surface area contributed by atoms with Crippen LogP contribution >= 0.6 is 0 Å². The van der Waals surface area contributed by atoms with Gasteiger partial charge in [0.15, 0.2) is 0 Å². The number of hydrogen-bond donors (Lipinski definition) is 1. The Balaban J connectivity index is 1.73. The lowest BCUT2D eigenvalue weighted by atomic mass is 9.83. The Morgan fingerprint density at radius 1 is 0.861 bits per heavy atom. The molecule has 2 aromatic heterocycles. The molecule has 3 aromatic carbocycles. The summed E-state index contributed by atoms with van der Waals surface area (Å²) < 4.78 is 7.66. The molecule has 36 heavy (non-hydrogen) atoms. The molecule has 0 saturated carbocycles. The molecule has 1 N–H and O–H groups in total. The highest BCUT2D eigenvalue weighted by atomic mass is 16.3. The first-order chi connectivity index (χ1) is 17.6. The number of benzene rings is 3. The minimum absolute atomic E-state index is 0.0951. The number of aromatic nitrogens is 1. The van der Waals surface area contributed by atoms with Crippen LogP contribution in [0.5, 0.6) is 0 Å². The van der Waals surface area contributed by atoms with E-state index in [0.29, 0.717) is 18.8 Å². The Bertz CT molecular complexity index is 1380. The lowest BCUT2D eigenvalue weighted by Gasteiger charge is -2.21. The van der Waals surface area contributed by atoms with Crippen LogP contribution in [0, 0.1) is 0 Å². The highest BCUT2D eigenvalue weighted by Crippen LogP contribution is 2.40. The van der Waals surface area contributed by atoms with Crippen LogP contribution < -0.4 is 5.32 Å². The van der Waals surface area contributed by atoms with E-state index in [1.54, 1.807) is 6.26 Å². The van der Waals surface area contributed by atoms with Crippen molar-refractivity contribution in [3.8, 4) is 0 Å². The maximum Gasteiger partial charge on any atom is 0.268 e. The topological polar surface area (TPSA) is 50.4 Å². The minimum Gasteiger partial charge on any atom is -0.467 e. The van der Waals surface area contributed by atoms with Gasteiger partial charge in [-0.25, -0.2) is 0 Å². The molecule has 0 bridgehead atoms. The van der Waals surface area contributed by atoms with Crippen LogP contribution in [-0.4, -0.2) is 36.0 Å². The summed E-state index contributed by atoms with van der Waals surface area (Å²) in [6, 6.07) is 33.0. The molecule has 5 nitrogen and oxygen atoms in total. The third kappa shape index (κ3) is 4.83. The maximum absolute atomic E-state index is 14.0. The van der Waals surface area contributed by atoms with Crippen LogP contribution in [0.2, 0.25) is 0 Å². The maximum atomic E-state index is 14.0. The summed E-state index contributed by atoms with van der Waals surface area (Å²) in [5.41, 5.74) is 5.09. The number of nitrogens with one attached hydrogen (secondary N) is 1. The Kier molecular flexibility index (Phi) is 7.01. The minimum atomic E-state index is -0.104. The molecule has 5 rings (SSSR count). The van der Waals surface area contributed by atoms with E-state index in [1.807, 2.05) is 30.3 Å². The third-order valence-electron chi connectivity index (χ3n) is 6.55.